The number of nitrogens with one attached hydrogen (secondary N) is 1. The fraction of sp³-hybridized carbons (Fsp3) is 0.417. The fourth-order valence-corrected chi connectivity index (χ4v) is 2.87. The standard InChI is InChI=1S/C12H15BrN2S/c1-3-9-7-14-12(16-9)15-10-6-4-5-8(2)11(10)13/h4-6,9H,3,7H2,1-2H3,(H,14,15). The molecule has 1 heterocycles. The van der Waals surface area contributed by atoms with Crippen molar-refractivity contribution in [2.24, 2.45) is 4.99 Å². The molecule has 0 spiro atoms. The van der Waals surface area contributed by atoms with E-state index in [9.17, 15) is 0 Å². The van der Waals surface area contributed by atoms with Crippen LogP contribution in [0.1, 0.15) is 18.9 Å². The maximum atomic E-state index is 4.50. The first-order valence-electron chi connectivity index (χ1n) is 5.44. The van der Waals surface area contributed by atoms with Crippen LogP contribution in [0.5, 0.6) is 0 Å². The van der Waals surface area contributed by atoms with Gasteiger partial charge in [-0.25, -0.2) is 0 Å². The molecule has 0 fully saturated rings. The number of benzene rings is 1. The van der Waals surface area contributed by atoms with Crippen LogP contribution < -0.4 is 5.32 Å². The van der Waals surface area contributed by atoms with Gasteiger partial charge >= 0.3 is 0 Å². The average Bonchev–Trinajstić information content (AvgIpc) is 2.73. The number of anilines is 1. The van der Waals surface area contributed by atoms with E-state index in [0.29, 0.717) is 5.25 Å². The van der Waals surface area contributed by atoms with E-state index >= 15 is 0 Å². The summed E-state index contributed by atoms with van der Waals surface area (Å²) in [6, 6.07) is 6.22. The van der Waals surface area contributed by atoms with Gasteiger partial charge in [0.25, 0.3) is 0 Å². The van der Waals surface area contributed by atoms with Crippen LogP contribution in [-0.4, -0.2) is 17.0 Å². The monoisotopic (exact) mass is 298 g/mol. The summed E-state index contributed by atoms with van der Waals surface area (Å²) in [5, 5.41) is 5.06. The summed E-state index contributed by atoms with van der Waals surface area (Å²) in [5.74, 6) is 0. The zero-order chi connectivity index (χ0) is 11.5. The zero-order valence-electron chi connectivity index (χ0n) is 9.46. The Bertz CT molecular complexity index is 417. The summed E-state index contributed by atoms with van der Waals surface area (Å²) >= 11 is 5.43. The smallest absolute Gasteiger partial charge is 0.161 e. The van der Waals surface area contributed by atoms with E-state index in [1.165, 1.54) is 12.0 Å². The van der Waals surface area contributed by atoms with Gasteiger partial charge in [-0.3, -0.25) is 4.99 Å². The molecular weight excluding hydrogens is 284 g/mol. The van der Waals surface area contributed by atoms with Crippen LogP contribution >= 0.6 is 27.7 Å². The molecule has 1 aromatic rings. The first-order valence-corrected chi connectivity index (χ1v) is 7.11. The second kappa shape index (κ2) is 5.23. The van der Waals surface area contributed by atoms with Crippen molar-refractivity contribution in [3.05, 3.63) is 28.2 Å². The van der Waals surface area contributed by atoms with Gasteiger partial charge in [0.2, 0.25) is 0 Å². The van der Waals surface area contributed by atoms with Gasteiger partial charge in [-0.15, -0.1) is 0 Å². The molecule has 0 saturated heterocycles. The number of rotatable bonds is 2. The molecular formula is C12H15BrN2S. The first kappa shape index (κ1) is 12.0. The Hall–Kier alpha value is -0.480. The number of amidine groups is 1. The van der Waals surface area contributed by atoms with Crippen LogP contribution in [0.4, 0.5) is 5.69 Å². The highest BCUT2D eigenvalue weighted by Crippen LogP contribution is 2.29. The van der Waals surface area contributed by atoms with Gasteiger partial charge in [-0.1, -0.05) is 30.8 Å². The van der Waals surface area contributed by atoms with Gasteiger partial charge in [-0.2, -0.15) is 0 Å². The summed E-state index contributed by atoms with van der Waals surface area (Å²) in [5.41, 5.74) is 2.34. The van der Waals surface area contributed by atoms with E-state index in [2.05, 4.69) is 58.3 Å². The van der Waals surface area contributed by atoms with Crippen molar-refractivity contribution in [3.63, 3.8) is 0 Å². The Balaban J connectivity index is 2.08. The highest BCUT2D eigenvalue weighted by molar-refractivity contribution is 9.10. The van der Waals surface area contributed by atoms with Crippen molar-refractivity contribution in [2.75, 3.05) is 11.9 Å². The van der Waals surface area contributed by atoms with Gasteiger partial charge in [0.1, 0.15) is 0 Å². The Kier molecular flexibility index (Phi) is 3.92. The Labute approximate surface area is 109 Å². The topological polar surface area (TPSA) is 24.4 Å². The van der Waals surface area contributed by atoms with E-state index in [-0.39, 0.29) is 0 Å². The lowest BCUT2D eigenvalue weighted by molar-refractivity contribution is 0.843. The number of hydrogen-bond acceptors (Lipinski definition) is 3. The molecule has 0 bridgehead atoms. The SMILES string of the molecule is CCC1CN=C(Nc2cccc(C)c2Br)S1. The second-order valence-electron chi connectivity index (χ2n) is 3.86. The minimum atomic E-state index is 0.645. The van der Waals surface area contributed by atoms with Crippen molar-refractivity contribution in [1.29, 1.82) is 0 Å². The lowest BCUT2D eigenvalue weighted by Gasteiger charge is -2.10. The molecule has 0 aromatic heterocycles. The van der Waals surface area contributed by atoms with Crippen molar-refractivity contribution in [2.45, 2.75) is 25.5 Å². The fourth-order valence-electron chi connectivity index (χ4n) is 1.56. The van der Waals surface area contributed by atoms with Crippen LogP contribution in [0.2, 0.25) is 0 Å². The first-order chi connectivity index (χ1) is 7.70. The third-order valence-corrected chi connectivity index (χ3v) is 4.93. The molecule has 0 amide bonds. The van der Waals surface area contributed by atoms with Gasteiger partial charge in [0.05, 0.1) is 12.2 Å². The molecule has 1 unspecified atom stereocenters. The quantitative estimate of drug-likeness (QED) is 0.891. The summed E-state index contributed by atoms with van der Waals surface area (Å²) in [6.07, 6.45) is 1.17. The molecule has 0 radical (unpaired) electrons. The Morgan fingerprint density at radius 1 is 1.56 bits per heavy atom. The summed E-state index contributed by atoms with van der Waals surface area (Å²) in [6.45, 7) is 5.24. The number of nitrogens with zero attached hydrogens (tertiary/aromatic N) is 1. The third kappa shape index (κ3) is 2.61. The Morgan fingerprint density at radius 2 is 2.38 bits per heavy atom. The normalized spacial score (nSPS) is 19.7. The maximum absolute atomic E-state index is 4.50. The molecule has 2 rings (SSSR count). The molecule has 0 saturated carbocycles. The maximum Gasteiger partial charge on any atom is 0.161 e. The Morgan fingerprint density at radius 3 is 3.06 bits per heavy atom. The van der Waals surface area contributed by atoms with Crippen LogP contribution in [0.25, 0.3) is 0 Å². The molecule has 86 valence electrons. The van der Waals surface area contributed by atoms with E-state index in [4.69, 9.17) is 0 Å². The van der Waals surface area contributed by atoms with Gasteiger partial charge < -0.3 is 5.32 Å². The molecule has 1 aliphatic heterocycles. The second-order valence-corrected chi connectivity index (χ2v) is 5.94. The van der Waals surface area contributed by atoms with E-state index in [1.807, 2.05) is 11.8 Å². The number of aryl methyl sites for hydroxylation is 1. The van der Waals surface area contributed by atoms with Gasteiger partial charge in [0, 0.05) is 9.72 Å². The molecule has 0 aliphatic carbocycles. The van der Waals surface area contributed by atoms with E-state index < -0.39 is 0 Å². The molecule has 1 aromatic carbocycles. The summed E-state index contributed by atoms with van der Waals surface area (Å²) in [4.78, 5) is 4.50. The van der Waals surface area contributed by atoms with Crippen molar-refractivity contribution < 1.29 is 0 Å². The molecule has 4 heteroatoms. The molecule has 1 aliphatic rings. The van der Waals surface area contributed by atoms with Gasteiger partial charge in [0.15, 0.2) is 5.17 Å². The van der Waals surface area contributed by atoms with Crippen molar-refractivity contribution in [3.8, 4) is 0 Å². The lowest BCUT2D eigenvalue weighted by Crippen LogP contribution is -2.07. The third-order valence-electron chi connectivity index (χ3n) is 2.61. The highest BCUT2D eigenvalue weighted by Gasteiger charge is 2.18. The molecule has 1 N–H and O–H groups in total. The number of halogens is 1. The van der Waals surface area contributed by atoms with Crippen LogP contribution in [0.15, 0.2) is 27.7 Å². The van der Waals surface area contributed by atoms with Gasteiger partial charge in [-0.05, 0) is 40.9 Å². The lowest BCUT2D eigenvalue weighted by atomic mass is 10.2. The number of hydrogen-bond donors (Lipinski definition) is 1. The number of thioether (sulfide) groups is 1. The largest absolute Gasteiger partial charge is 0.334 e. The van der Waals surface area contributed by atoms with Crippen LogP contribution in [0.3, 0.4) is 0 Å². The van der Waals surface area contributed by atoms with Crippen molar-refractivity contribution in [1.82, 2.24) is 0 Å². The average molecular weight is 299 g/mol. The minimum Gasteiger partial charge on any atom is -0.334 e. The van der Waals surface area contributed by atoms with E-state index in [1.54, 1.807) is 0 Å². The molecule has 16 heavy (non-hydrogen) atoms. The molecule has 2 nitrogen and oxygen atoms in total. The molecule has 1 atom stereocenters. The minimum absolute atomic E-state index is 0.645. The van der Waals surface area contributed by atoms with Crippen molar-refractivity contribution >= 4 is 38.5 Å². The predicted molar refractivity (Wildman–Crippen MR) is 76.5 cm³/mol. The zero-order valence-corrected chi connectivity index (χ0v) is 11.9. The summed E-state index contributed by atoms with van der Waals surface area (Å²) in [7, 11) is 0. The number of aliphatic imine (C=N–C) groups is 1. The van der Waals surface area contributed by atoms with E-state index in [0.717, 1.165) is 21.9 Å². The van der Waals surface area contributed by atoms with Crippen LogP contribution in [-0.2, 0) is 0 Å². The predicted octanol–water partition coefficient (Wildman–Crippen LogP) is 4.05. The van der Waals surface area contributed by atoms with Crippen LogP contribution in [0, 0.1) is 6.92 Å². The summed E-state index contributed by atoms with van der Waals surface area (Å²) < 4.78 is 1.12. The highest BCUT2D eigenvalue weighted by atomic mass is 79.9.